The first-order valence-electron chi connectivity index (χ1n) is 8.39. The zero-order valence-electron chi connectivity index (χ0n) is 14.8. The lowest BCUT2D eigenvalue weighted by atomic mass is 10.1. The van der Waals surface area contributed by atoms with Gasteiger partial charge in [-0.15, -0.1) is 0 Å². The largest absolute Gasteiger partial charge is 0.436 e. The summed E-state index contributed by atoms with van der Waals surface area (Å²) in [6.45, 7) is 1.73. The number of benzene rings is 3. The van der Waals surface area contributed by atoms with E-state index in [2.05, 4.69) is 4.98 Å². The van der Waals surface area contributed by atoms with Crippen molar-refractivity contribution in [1.82, 2.24) is 4.98 Å². The lowest BCUT2D eigenvalue weighted by molar-refractivity contribution is 0.483. The van der Waals surface area contributed by atoms with Crippen LogP contribution in [0.2, 0.25) is 0 Å². The summed E-state index contributed by atoms with van der Waals surface area (Å²) < 4.78 is 37.0. The monoisotopic (exact) mass is 390 g/mol. The third-order valence-electron chi connectivity index (χ3n) is 4.21. The van der Waals surface area contributed by atoms with Crippen LogP contribution in [0.25, 0.3) is 22.6 Å². The molecule has 3 aromatic carbocycles. The second kappa shape index (κ2) is 6.83. The van der Waals surface area contributed by atoms with Crippen LogP contribution in [0.15, 0.2) is 76.0 Å². The van der Waals surface area contributed by atoms with Crippen LogP contribution in [0, 0.1) is 18.3 Å². The van der Waals surface area contributed by atoms with Crippen LogP contribution in [0.3, 0.4) is 0 Å². The lowest BCUT2D eigenvalue weighted by Gasteiger charge is -2.13. The molecular formula is C21H14N2O4S. The molecule has 6 nitrogen and oxygen atoms in total. The van der Waals surface area contributed by atoms with Crippen molar-refractivity contribution in [2.75, 3.05) is 0 Å². The minimum Gasteiger partial charge on any atom is -0.436 e. The minimum atomic E-state index is -4.23. The van der Waals surface area contributed by atoms with Gasteiger partial charge in [-0.25, -0.2) is 4.98 Å². The van der Waals surface area contributed by atoms with Gasteiger partial charge in [-0.1, -0.05) is 36.4 Å². The highest BCUT2D eigenvalue weighted by Gasteiger charge is 2.25. The van der Waals surface area contributed by atoms with E-state index < -0.39 is 10.1 Å². The van der Waals surface area contributed by atoms with E-state index in [4.69, 9.17) is 8.60 Å². The van der Waals surface area contributed by atoms with E-state index in [1.54, 1.807) is 43.3 Å². The predicted molar refractivity (Wildman–Crippen MR) is 103 cm³/mol. The maximum atomic E-state index is 12.9. The molecule has 7 heteroatoms. The van der Waals surface area contributed by atoms with Crippen LogP contribution in [-0.4, -0.2) is 13.4 Å². The van der Waals surface area contributed by atoms with Gasteiger partial charge in [0.05, 0.1) is 11.1 Å². The molecule has 0 bridgehead atoms. The molecule has 0 saturated heterocycles. The third-order valence-corrected chi connectivity index (χ3v) is 5.49. The maximum Gasteiger partial charge on any atom is 0.340 e. The van der Waals surface area contributed by atoms with Gasteiger partial charge in [-0.2, -0.15) is 13.7 Å². The molecule has 0 aliphatic heterocycles. The molecule has 4 aromatic rings. The van der Waals surface area contributed by atoms with Crippen molar-refractivity contribution in [3.63, 3.8) is 0 Å². The van der Waals surface area contributed by atoms with Gasteiger partial charge < -0.3 is 8.60 Å². The maximum absolute atomic E-state index is 12.9. The number of rotatable bonds is 4. The topological polar surface area (TPSA) is 93.2 Å². The lowest BCUT2D eigenvalue weighted by Crippen LogP contribution is -2.12. The summed E-state index contributed by atoms with van der Waals surface area (Å²) in [5.41, 5.74) is 2.26. The summed E-state index contributed by atoms with van der Waals surface area (Å²) in [6.07, 6.45) is 0. The smallest absolute Gasteiger partial charge is 0.340 e. The van der Waals surface area contributed by atoms with Crippen LogP contribution in [0.4, 0.5) is 0 Å². The minimum absolute atomic E-state index is 0.0134. The summed E-state index contributed by atoms with van der Waals surface area (Å²) >= 11 is 0. The van der Waals surface area contributed by atoms with E-state index in [1.807, 2.05) is 18.2 Å². The molecule has 0 aliphatic carbocycles. The molecule has 0 atom stereocenters. The first-order valence-corrected chi connectivity index (χ1v) is 9.79. The van der Waals surface area contributed by atoms with E-state index >= 15 is 0 Å². The molecule has 138 valence electrons. The third kappa shape index (κ3) is 3.10. The Balaban J connectivity index is 1.84. The molecule has 1 heterocycles. The summed E-state index contributed by atoms with van der Waals surface area (Å²) in [7, 11) is -4.23. The zero-order valence-corrected chi connectivity index (χ0v) is 15.6. The molecule has 0 spiro atoms. The number of nitrogens with zero attached hydrogens (tertiary/aromatic N) is 2. The van der Waals surface area contributed by atoms with Crippen molar-refractivity contribution in [3.05, 3.63) is 77.9 Å². The number of aromatic nitrogens is 1. The number of oxazole rings is 1. The molecule has 0 aliphatic rings. The number of nitriles is 1. The van der Waals surface area contributed by atoms with E-state index in [0.29, 0.717) is 22.2 Å². The van der Waals surface area contributed by atoms with E-state index in [9.17, 15) is 13.7 Å². The molecule has 4 rings (SSSR count). The Morgan fingerprint density at radius 2 is 1.75 bits per heavy atom. The summed E-state index contributed by atoms with van der Waals surface area (Å²) in [5, 5.41) is 9.22. The molecule has 1 aromatic heterocycles. The van der Waals surface area contributed by atoms with Gasteiger partial charge in [0.15, 0.2) is 11.3 Å². The van der Waals surface area contributed by atoms with Crippen molar-refractivity contribution in [2.24, 2.45) is 0 Å². The summed E-state index contributed by atoms with van der Waals surface area (Å²) in [6, 6.07) is 20.2. The Bertz CT molecular complexity index is 1300. The molecule has 0 fully saturated rings. The van der Waals surface area contributed by atoms with Crippen LogP contribution in [0.1, 0.15) is 11.1 Å². The summed E-state index contributed by atoms with van der Waals surface area (Å²) in [4.78, 5) is 4.24. The number of hydrogen-bond donors (Lipinski definition) is 0. The molecule has 0 saturated carbocycles. The molecule has 0 amide bonds. The Labute approximate surface area is 161 Å². The van der Waals surface area contributed by atoms with Crippen molar-refractivity contribution in [3.8, 4) is 23.3 Å². The number of hydrogen-bond acceptors (Lipinski definition) is 6. The highest BCUT2D eigenvalue weighted by molar-refractivity contribution is 7.87. The summed E-state index contributed by atoms with van der Waals surface area (Å²) in [5.74, 6) is 0.366. The quantitative estimate of drug-likeness (QED) is 0.478. The highest BCUT2D eigenvalue weighted by atomic mass is 32.2. The van der Waals surface area contributed by atoms with Gasteiger partial charge in [0.2, 0.25) is 5.89 Å². The molecule has 0 unspecified atom stereocenters. The SMILES string of the molecule is Cc1cccc(-c2nc3ccccc3o2)c1OS(=O)(=O)c1ccccc1C#N. The first kappa shape index (κ1) is 17.8. The Kier molecular flexibility index (Phi) is 4.34. The molecule has 0 N–H and O–H groups in total. The molecule has 0 radical (unpaired) electrons. The number of para-hydroxylation sites is 3. The van der Waals surface area contributed by atoms with Crippen LogP contribution >= 0.6 is 0 Å². The second-order valence-electron chi connectivity index (χ2n) is 6.08. The van der Waals surface area contributed by atoms with Crippen LogP contribution < -0.4 is 4.18 Å². The number of fused-ring (bicyclic) bond motifs is 1. The second-order valence-corrected chi connectivity index (χ2v) is 7.60. The van der Waals surface area contributed by atoms with Crippen molar-refractivity contribution in [2.45, 2.75) is 11.8 Å². The standard InChI is InChI=1S/C21H14N2O4S/c1-14-7-6-9-16(21-23-17-10-3-4-11-18(17)26-21)20(14)27-28(24,25)19-12-5-2-8-15(19)13-22/h2-12H,1H3. The number of aryl methyl sites for hydroxylation is 1. The predicted octanol–water partition coefficient (Wildman–Crippen LogP) is 4.44. The first-order chi connectivity index (χ1) is 13.5. The Hall–Kier alpha value is -3.63. The van der Waals surface area contributed by atoms with Gasteiger partial charge >= 0.3 is 10.1 Å². The fourth-order valence-electron chi connectivity index (χ4n) is 2.85. The van der Waals surface area contributed by atoms with E-state index in [-0.39, 0.29) is 22.1 Å². The molecule has 28 heavy (non-hydrogen) atoms. The fraction of sp³-hybridized carbons (Fsp3) is 0.0476. The van der Waals surface area contributed by atoms with Crippen LogP contribution in [-0.2, 0) is 10.1 Å². The average Bonchev–Trinajstić information content (AvgIpc) is 3.13. The van der Waals surface area contributed by atoms with Gasteiger partial charge in [0.25, 0.3) is 0 Å². The normalized spacial score (nSPS) is 11.3. The van der Waals surface area contributed by atoms with Crippen molar-refractivity contribution >= 4 is 21.2 Å². The average molecular weight is 390 g/mol. The van der Waals surface area contributed by atoms with Crippen molar-refractivity contribution < 1.29 is 17.0 Å². The molecular weight excluding hydrogens is 376 g/mol. The van der Waals surface area contributed by atoms with Gasteiger partial charge in [-0.3, -0.25) is 0 Å². The van der Waals surface area contributed by atoms with Crippen molar-refractivity contribution in [1.29, 1.82) is 5.26 Å². The fourth-order valence-corrected chi connectivity index (χ4v) is 4.01. The van der Waals surface area contributed by atoms with E-state index in [0.717, 1.165) is 0 Å². The van der Waals surface area contributed by atoms with Gasteiger partial charge in [-0.05, 0) is 42.8 Å². The highest BCUT2D eigenvalue weighted by Crippen LogP contribution is 2.36. The van der Waals surface area contributed by atoms with Gasteiger partial charge in [0, 0.05) is 0 Å². The zero-order chi connectivity index (χ0) is 19.7. The Morgan fingerprint density at radius 3 is 2.54 bits per heavy atom. The Morgan fingerprint density at radius 1 is 1.00 bits per heavy atom. The van der Waals surface area contributed by atoms with E-state index in [1.165, 1.54) is 18.2 Å². The van der Waals surface area contributed by atoms with Crippen LogP contribution in [0.5, 0.6) is 5.75 Å². The van der Waals surface area contributed by atoms with Gasteiger partial charge in [0.1, 0.15) is 16.5 Å².